The van der Waals surface area contributed by atoms with E-state index in [9.17, 15) is 9.18 Å². The molecule has 5 nitrogen and oxygen atoms in total. The largest absolute Gasteiger partial charge is 0.326 e. The summed E-state index contributed by atoms with van der Waals surface area (Å²) in [6.45, 7) is 0. The first-order valence-electron chi connectivity index (χ1n) is 8.01. The topological polar surface area (TPSA) is 65.8 Å². The molecule has 0 aromatic heterocycles. The number of hydrogen-bond acceptors (Lipinski definition) is 4. The highest BCUT2D eigenvalue weighted by Crippen LogP contribution is 2.28. The molecule has 0 radical (unpaired) electrons. The second-order valence-corrected chi connectivity index (χ2v) is 7.29. The first-order valence-corrected chi connectivity index (χ1v) is 9.37. The van der Waals surface area contributed by atoms with E-state index in [0.717, 1.165) is 11.3 Å². The van der Waals surface area contributed by atoms with Crippen LogP contribution in [0.3, 0.4) is 0 Å². The summed E-state index contributed by atoms with van der Waals surface area (Å²) < 4.78 is 14.5. The molecule has 2 aliphatic rings. The van der Waals surface area contributed by atoms with Gasteiger partial charge in [-0.25, -0.2) is 9.38 Å². The summed E-state index contributed by atoms with van der Waals surface area (Å²) in [4.78, 5) is 15.9. The molecule has 0 bridgehead atoms. The molecule has 2 heterocycles. The molecule has 2 aromatic carbocycles. The second kappa shape index (κ2) is 7.09. The fourth-order valence-electron chi connectivity index (χ4n) is 2.80. The number of benzene rings is 2. The van der Waals surface area contributed by atoms with E-state index < -0.39 is 5.82 Å². The number of carbonyl (C=O) groups excluding carboxylic acids is 1. The zero-order valence-corrected chi connectivity index (χ0v) is 15.1. The van der Waals surface area contributed by atoms with Crippen LogP contribution in [-0.2, 0) is 11.2 Å². The molecular weight excluding hydrogens is 375 g/mol. The predicted octanol–water partition coefficient (Wildman–Crippen LogP) is 4.09. The molecule has 0 atom stereocenters. The number of aryl methyl sites for hydroxylation is 1. The van der Waals surface area contributed by atoms with Crippen LogP contribution in [-0.4, -0.2) is 22.5 Å². The van der Waals surface area contributed by atoms with Crippen molar-refractivity contribution in [1.29, 1.82) is 0 Å². The second-order valence-electron chi connectivity index (χ2n) is 5.89. The van der Waals surface area contributed by atoms with Gasteiger partial charge in [0.25, 0.3) is 0 Å². The molecule has 1 amide bonds. The fraction of sp³-hybridized carbons (Fsp3) is 0.167. The number of hydrogen-bond donors (Lipinski definition) is 2. The summed E-state index contributed by atoms with van der Waals surface area (Å²) in [5, 5.41) is 8.22. The van der Waals surface area contributed by atoms with Crippen LogP contribution in [0.5, 0.6) is 0 Å². The van der Waals surface area contributed by atoms with Crippen molar-refractivity contribution in [2.75, 3.05) is 11.1 Å². The highest BCUT2D eigenvalue weighted by atomic mass is 35.5. The Bertz CT molecular complexity index is 960. The molecule has 0 aliphatic carbocycles. The molecule has 0 fully saturated rings. The van der Waals surface area contributed by atoms with Crippen molar-refractivity contribution in [3.05, 3.63) is 58.4 Å². The van der Waals surface area contributed by atoms with Gasteiger partial charge in [-0.05, 0) is 42.3 Å². The van der Waals surface area contributed by atoms with E-state index in [1.54, 1.807) is 18.2 Å². The summed E-state index contributed by atoms with van der Waals surface area (Å²) >= 11 is 7.40. The number of hydrazone groups is 1. The van der Waals surface area contributed by atoms with Gasteiger partial charge in [0.2, 0.25) is 5.91 Å². The average Bonchev–Trinajstić information content (AvgIpc) is 2.62. The van der Waals surface area contributed by atoms with Crippen molar-refractivity contribution in [3.8, 4) is 0 Å². The molecule has 2 aliphatic heterocycles. The van der Waals surface area contributed by atoms with Gasteiger partial charge >= 0.3 is 0 Å². The molecule has 2 aromatic rings. The number of carbonyl (C=O) groups is 1. The van der Waals surface area contributed by atoms with E-state index in [1.165, 1.54) is 17.8 Å². The van der Waals surface area contributed by atoms with Crippen LogP contribution in [0.1, 0.15) is 17.5 Å². The molecule has 0 unspecified atom stereocenters. The summed E-state index contributed by atoms with van der Waals surface area (Å²) in [5.74, 6) is 0.00940. The minimum absolute atomic E-state index is 0.0845. The monoisotopic (exact) mass is 388 g/mol. The average molecular weight is 389 g/mol. The van der Waals surface area contributed by atoms with Crippen LogP contribution < -0.4 is 10.7 Å². The summed E-state index contributed by atoms with van der Waals surface area (Å²) in [7, 11) is 0. The van der Waals surface area contributed by atoms with Gasteiger partial charge in [-0.15, -0.1) is 0 Å². The maximum atomic E-state index is 14.5. The van der Waals surface area contributed by atoms with Crippen LogP contribution in [0.4, 0.5) is 15.8 Å². The third-order valence-electron chi connectivity index (χ3n) is 4.07. The van der Waals surface area contributed by atoms with Gasteiger partial charge < -0.3 is 5.32 Å². The molecule has 132 valence electrons. The Morgan fingerprint density at radius 1 is 1.23 bits per heavy atom. The lowest BCUT2D eigenvalue weighted by Crippen LogP contribution is -2.26. The standard InChI is InChI=1S/C18H14ClFN4OS/c19-11-2-1-3-12(7-11)21-18-24-23-16(9-26-18)13-6-10-4-5-17(25)22-15(10)8-14(13)20/h1-3,6-8H,4-5,9H2,(H,21,24)(H,22,25). The van der Waals surface area contributed by atoms with Crippen LogP contribution in [0.2, 0.25) is 5.02 Å². The van der Waals surface area contributed by atoms with Crippen molar-refractivity contribution in [3.63, 3.8) is 0 Å². The first-order chi connectivity index (χ1) is 12.6. The van der Waals surface area contributed by atoms with Gasteiger partial charge in [0.1, 0.15) is 5.82 Å². The lowest BCUT2D eigenvalue weighted by Gasteiger charge is -2.20. The van der Waals surface area contributed by atoms with Crippen molar-refractivity contribution >= 4 is 51.5 Å². The fourth-order valence-corrected chi connectivity index (χ4v) is 3.76. The molecule has 2 N–H and O–H groups in total. The van der Waals surface area contributed by atoms with Gasteiger partial charge in [0.05, 0.1) is 11.4 Å². The van der Waals surface area contributed by atoms with Crippen LogP contribution in [0.15, 0.2) is 46.5 Å². The first kappa shape index (κ1) is 17.1. The van der Waals surface area contributed by atoms with E-state index in [-0.39, 0.29) is 5.91 Å². The smallest absolute Gasteiger partial charge is 0.224 e. The van der Waals surface area contributed by atoms with Crippen molar-refractivity contribution < 1.29 is 9.18 Å². The maximum absolute atomic E-state index is 14.5. The third kappa shape index (κ3) is 3.59. The van der Waals surface area contributed by atoms with Crippen LogP contribution in [0.25, 0.3) is 0 Å². The quantitative estimate of drug-likeness (QED) is 0.814. The molecule has 0 spiro atoms. The molecule has 26 heavy (non-hydrogen) atoms. The number of halogens is 2. The number of thioether (sulfide) groups is 1. The van der Waals surface area contributed by atoms with E-state index in [2.05, 4.69) is 20.8 Å². The van der Waals surface area contributed by atoms with Crippen molar-refractivity contribution in [2.24, 2.45) is 10.1 Å². The van der Waals surface area contributed by atoms with E-state index in [1.807, 2.05) is 12.1 Å². The normalized spacial score (nSPS) is 18.0. The van der Waals surface area contributed by atoms with Crippen LogP contribution >= 0.6 is 23.4 Å². The maximum Gasteiger partial charge on any atom is 0.224 e. The van der Waals surface area contributed by atoms with E-state index in [0.29, 0.717) is 45.7 Å². The number of anilines is 1. The number of nitrogens with zero attached hydrogens (tertiary/aromatic N) is 2. The molecule has 0 saturated heterocycles. The molecule has 4 rings (SSSR count). The predicted molar refractivity (Wildman–Crippen MR) is 104 cm³/mol. The van der Waals surface area contributed by atoms with Crippen molar-refractivity contribution in [1.82, 2.24) is 5.43 Å². The van der Waals surface area contributed by atoms with Gasteiger partial charge in [-0.1, -0.05) is 29.4 Å². The Morgan fingerprint density at radius 2 is 2.12 bits per heavy atom. The Labute approximate surface area is 158 Å². The number of fused-ring (bicyclic) bond motifs is 1. The Hall–Kier alpha value is -2.38. The Balaban J connectivity index is 1.57. The number of amidine groups is 1. The number of aliphatic imine (C=N–C) groups is 1. The van der Waals surface area contributed by atoms with Gasteiger partial charge in [0.15, 0.2) is 5.17 Å². The van der Waals surface area contributed by atoms with Crippen molar-refractivity contribution in [2.45, 2.75) is 12.8 Å². The highest BCUT2D eigenvalue weighted by Gasteiger charge is 2.21. The zero-order chi connectivity index (χ0) is 18.1. The lowest BCUT2D eigenvalue weighted by molar-refractivity contribution is -0.116. The van der Waals surface area contributed by atoms with Crippen LogP contribution in [0, 0.1) is 5.82 Å². The summed E-state index contributed by atoms with van der Waals surface area (Å²) in [6, 6.07) is 10.3. The zero-order valence-electron chi connectivity index (χ0n) is 13.6. The Kier molecular flexibility index (Phi) is 4.65. The number of amides is 1. The molecule has 8 heteroatoms. The molecule has 0 saturated carbocycles. The summed E-state index contributed by atoms with van der Waals surface area (Å²) in [5.41, 5.74) is 6.12. The lowest BCUT2D eigenvalue weighted by atomic mass is 9.98. The Morgan fingerprint density at radius 3 is 2.88 bits per heavy atom. The minimum atomic E-state index is -0.401. The minimum Gasteiger partial charge on any atom is -0.326 e. The molecular formula is C18H14ClFN4OS. The SMILES string of the molecule is O=C1CCc2cc(C3=NNC(=Nc4cccc(Cl)c4)SC3)c(F)cc2N1. The highest BCUT2D eigenvalue weighted by molar-refractivity contribution is 8.14. The number of nitrogens with one attached hydrogen (secondary N) is 2. The van der Waals surface area contributed by atoms with E-state index in [4.69, 9.17) is 11.6 Å². The van der Waals surface area contributed by atoms with E-state index >= 15 is 0 Å². The number of rotatable bonds is 2. The van der Waals surface area contributed by atoms with Gasteiger partial charge in [0, 0.05) is 28.4 Å². The third-order valence-corrected chi connectivity index (χ3v) is 5.18. The summed E-state index contributed by atoms with van der Waals surface area (Å²) in [6.07, 6.45) is 1.01. The van der Waals surface area contributed by atoms with Gasteiger partial charge in [-0.2, -0.15) is 5.10 Å². The van der Waals surface area contributed by atoms with Gasteiger partial charge in [-0.3, -0.25) is 10.2 Å².